The van der Waals surface area contributed by atoms with Gasteiger partial charge in [0, 0.05) is 29.9 Å². The maximum Gasteiger partial charge on any atom is 0.138 e. The van der Waals surface area contributed by atoms with Gasteiger partial charge in [0.05, 0.1) is 0 Å². The van der Waals surface area contributed by atoms with Gasteiger partial charge in [-0.2, -0.15) is 0 Å². The normalized spacial score (nSPS) is 14.9. The predicted octanol–water partition coefficient (Wildman–Crippen LogP) is 2.84. The number of rotatable bonds is 6. The number of halogens is 2. The molecule has 0 radical (unpaired) electrons. The highest BCUT2D eigenvalue weighted by Gasteiger charge is 2.20. The molecule has 1 fully saturated rings. The number of hydrogen-bond donors (Lipinski definition) is 1. The lowest BCUT2D eigenvalue weighted by Crippen LogP contribution is -2.20. The quantitative estimate of drug-likeness (QED) is 0.875. The fraction of sp³-hybridized carbons (Fsp3) is 0.462. The molecule has 1 aliphatic carbocycles. The van der Waals surface area contributed by atoms with Crippen LogP contribution in [-0.4, -0.2) is 18.4 Å². The summed E-state index contributed by atoms with van der Waals surface area (Å²) in [6.07, 6.45) is 3.38. The lowest BCUT2D eigenvalue weighted by atomic mass is 10.1. The summed E-state index contributed by atoms with van der Waals surface area (Å²) in [6, 6.07) is 5.08. The van der Waals surface area contributed by atoms with Crippen molar-refractivity contribution in [2.45, 2.75) is 31.7 Å². The molecule has 92 valence electrons. The highest BCUT2D eigenvalue weighted by atomic mass is 79.9. The number of nitrogens with one attached hydrogen (secondary N) is 1. The van der Waals surface area contributed by atoms with E-state index in [1.54, 1.807) is 6.07 Å². The molecule has 0 aromatic heterocycles. The first-order valence-corrected chi connectivity index (χ1v) is 6.63. The third kappa shape index (κ3) is 4.21. The third-order valence-corrected chi connectivity index (χ3v) is 3.56. The lowest BCUT2D eigenvalue weighted by Gasteiger charge is -2.05. The Morgan fingerprint density at radius 3 is 2.88 bits per heavy atom. The fourth-order valence-corrected chi connectivity index (χ4v) is 2.16. The van der Waals surface area contributed by atoms with E-state index in [1.165, 1.54) is 25.0 Å². The van der Waals surface area contributed by atoms with Crippen LogP contribution in [0.4, 0.5) is 4.39 Å². The first-order valence-electron chi connectivity index (χ1n) is 5.84. The van der Waals surface area contributed by atoms with Gasteiger partial charge in [-0.05, 0) is 30.5 Å². The Bertz CT molecular complexity index is 418. The molecule has 1 aromatic carbocycles. The number of carbonyl (C=O) groups is 1. The maximum atomic E-state index is 12.9. The van der Waals surface area contributed by atoms with Crippen LogP contribution in [-0.2, 0) is 11.2 Å². The average Bonchev–Trinajstić information content (AvgIpc) is 3.06. The lowest BCUT2D eigenvalue weighted by molar-refractivity contribution is -0.118. The molecular formula is C13H15BrFNO. The van der Waals surface area contributed by atoms with Gasteiger partial charge in [0.25, 0.3) is 0 Å². The number of carbonyl (C=O) groups excluding carboxylic acids is 1. The van der Waals surface area contributed by atoms with Crippen molar-refractivity contribution < 1.29 is 9.18 Å². The first-order chi connectivity index (χ1) is 8.15. The van der Waals surface area contributed by atoms with Crippen LogP contribution in [0.15, 0.2) is 22.7 Å². The standard InChI is InChI=1S/C13H15BrFNO/c14-13-8-10(15)2-1-9(13)7-12(17)5-6-16-11-3-4-11/h1-2,8,11,16H,3-7H2. The minimum atomic E-state index is -0.288. The van der Waals surface area contributed by atoms with Gasteiger partial charge in [0.15, 0.2) is 0 Å². The van der Waals surface area contributed by atoms with Gasteiger partial charge < -0.3 is 5.32 Å². The van der Waals surface area contributed by atoms with E-state index in [2.05, 4.69) is 21.2 Å². The van der Waals surface area contributed by atoms with Crippen LogP contribution in [0.2, 0.25) is 0 Å². The number of hydrogen-bond acceptors (Lipinski definition) is 2. The molecule has 0 atom stereocenters. The zero-order chi connectivity index (χ0) is 12.3. The van der Waals surface area contributed by atoms with Crippen LogP contribution in [0.25, 0.3) is 0 Å². The van der Waals surface area contributed by atoms with Crippen LogP contribution in [0.3, 0.4) is 0 Å². The summed E-state index contributed by atoms with van der Waals surface area (Å²) >= 11 is 3.27. The van der Waals surface area contributed by atoms with E-state index in [0.717, 1.165) is 12.1 Å². The van der Waals surface area contributed by atoms with Crippen molar-refractivity contribution in [2.24, 2.45) is 0 Å². The monoisotopic (exact) mass is 299 g/mol. The summed E-state index contributed by atoms with van der Waals surface area (Å²) in [5.41, 5.74) is 0.850. The number of Topliss-reactive ketones (excluding diaryl/α,β-unsaturated/α-hetero) is 1. The molecule has 2 nitrogen and oxygen atoms in total. The summed E-state index contributed by atoms with van der Waals surface area (Å²) in [7, 11) is 0. The molecule has 0 heterocycles. The van der Waals surface area contributed by atoms with E-state index in [-0.39, 0.29) is 11.6 Å². The Kier molecular flexibility index (Phi) is 4.29. The van der Waals surface area contributed by atoms with Crippen molar-refractivity contribution in [1.29, 1.82) is 0 Å². The topological polar surface area (TPSA) is 29.1 Å². The molecule has 1 N–H and O–H groups in total. The second-order valence-electron chi connectivity index (χ2n) is 4.43. The highest BCUT2D eigenvalue weighted by Crippen LogP contribution is 2.20. The van der Waals surface area contributed by atoms with E-state index in [9.17, 15) is 9.18 Å². The van der Waals surface area contributed by atoms with Crippen molar-refractivity contribution in [3.63, 3.8) is 0 Å². The van der Waals surface area contributed by atoms with Crippen LogP contribution in [0.1, 0.15) is 24.8 Å². The van der Waals surface area contributed by atoms with Gasteiger partial charge in [-0.1, -0.05) is 22.0 Å². The molecule has 1 aromatic rings. The van der Waals surface area contributed by atoms with Crippen molar-refractivity contribution in [3.05, 3.63) is 34.1 Å². The molecule has 0 amide bonds. The minimum Gasteiger partial charge on any atom is -0.314 e. The first kappa shape index (κ1) is 12.7. The van der Waals surface area contributed by atoms with Crippen molar-refractivity contribution in [3.8, 4) is 0 Å². The van der Waals surface area contributed by atoms with Crippen LogP contribution in [0.5, 0.6) is 0 Å². The number of benzene rings is 1. The summed E-state index contributed by atoms with van der Waals surface area (Å²) in [5.74, 6) is -0.103. The largest absolute Gasteiger partial charge is 0.314 e. The SMILES string of the molecule is O=C(CCNC1CC1)Cc1ccc(F)cc1Br. The summed E-state index contributed by atoms with van der Waals surface area (Å²) in [5, 5.41) is 3.30. The molecule has 0 saturated heterocycles. The van der Waals surface area contributed by atoms with Gasteiger partial charge in [0.2, 0.25) is 0 Å². The van der Waals surface area contributed by atoms with E-state index < -0.39 is 0 Å². The molecule has 0 aliphatic heterocycles. The average molecular weight is 300 g/mol. The van der Waals surface area contributed by atoms with Gasteiger partial charge in [-0.3, -0.25) is 4.79 Å². The Hall–Kier alpha value is -0.740. The van der Waals surface area contributed by atoms with E-state index in [0.29, 0.717) is 23.4 Å². The van der Waals surface area contributed by atoms with Crippen LogP contribution in [0, 0.1) is 5.82 Å². The summed E-state index contributed by atoms with van der Waals surface area (Å²) < 4.78 is 13.5. The van der Waals surface area contributed by atoms with Gasteiger partial charge in [-0.25, -0.2) is 4.39 Å². The van der Waals surface area contributed by atoms with Crippen LogP contribution < -0.4 is 5.32 Å². The molecule has 4 heteroatoms. The Balaban J connectivity index is 1.79. The molecule has 2 rings (SSSR count). The van der Waals surface area contributed by atoms with E-state index in [1.807, 2.05) is 0 Å². The zero-order valence-corrected chi connectivity index (χ0v) is 11.1. The number of ketones is 1. The van der Waals surface area contributed by atoms with Gasteiger partial charge >= 0.3 is 0 Å². The maximum absolute atomic E-state index is 12.9. The molecule has 1 aliphatic rings. The Morgan fingerprint density at radius 2 is 2.24 bits per heavy atom. The molecule has 17 heavy (non-hydrogen) atoms. The van der Waals surface area contributed by atoms with Gasteiger partial charge in [0.1, 0.15) is 11.6 Å². The second kappa shape index (κ2) is 5.74. The van der Waals surface area contributed by atoms with Crippen molar-refractivity contribution >= 4 is 21.7 Å². The van der Waals surface area contributed by atoms with Gasteiger partial charge in [-0.15, -0.1) is 0 Å². The summed E-state index contributed by atoms with van der Waals surface area (Å²) in [4.78, 5) is 11.7. The third-order valence-electron chi connectivity index (χ3n) is 2.82. The zero-order valence-electron chi connectivity index (χ0n) is 9.51. The smallest absolute Gasteiger partial charge is 0.138 e. The molecule has 1 saturated carbocycles. The van der Waals surface area contributed by atoms with Crippen molar-refractivity contribution in [1.82, 2.24) is 5.32 Å². The summed E-state index contributed by atoms with van der Waals surface area (Å²) in [6.45, 7) is 0.752. The van der Waals surface area contributed by atoms with Crippen LogP contribution >= 0.6 is 15.9 Å². The highest BCUT2D eigenvalue weighted by molar-refractivity contribution is 9.10. The fourth-order valence-electron chi connectivity index (χ4n) is 1.67. The Labute approximate surface area is 109 Å². The molecule has 0 spiro atoms. The van der Waals surface area contributed by atoms with E-state index in [4.69, 9.17) is 0 Å². The molecule has 0 unspecified atom stereocenters. The molecular weight excluding hydrogens is 285 g/mol. The second-order valence-corrected chi connectivity index (χ2v) is 5.28. The Morgan fingerprint density at radius 1 is 1.47 bits per heavy atom. The minimum absolute atomic E-state index is 0.186. The van der Waals surface area contributed by atoms with Crippen molar-refractivity contribution in [2.75, 3.05) is 6.54 Å². The predicted molar refractivity (Wildman–Crippen MR) is 68.5 cm³/mol. The van der Waals surface area contributed by atoms with E-state index >= 15 is 0 Å². The molecule has 0 bridgehead atoms.